The molecule has 2 unspecified atom stereocenters. The summed E-state index contributed by atoms with van der Waals surface area (Å²) < 4.78 is 44.7. The lowest BCUT2D eigenvalue weighted by Crippen LogP contribution is -2.20. The molecule has 2 atom stereocenters. The molecular weight excluding hydrogens is 231 g/mol. The standard InChI is InChI=1S/C12H14F3NO/c1-7-2-3-9(17-7)6-16-12-10(14)4-8(13)5-11(12)15/h4-5,7,9,16H,2-3,6H2,1H3. The number of ether oxygens (including phenoxy) is 1. The minimum Gasteiger partial charge on any atom is -0.378 e. The maximum Gasteiger partial charge on any atom is 0.152 e. The zero-order chi connectivity index (χ0) is 12.4. The summed E-state index contributed by atoms with van der Waals surface area (Å²) in [6.07, 6.45) is 1.94. The van der Waals surface area contributed by atoms with Crippen LogP contribution in [0.15, 0.2) is 12.1 Å². The molecule has 5 heteroatoms. The molecule has 0 amide bonds. The molecule has 1 N–H and O–H groups in total. The molecule has 0 bridgehead atoms. The van der Waals surface area contributed by atoms with Gasteiger partial charge in [-0.3, -0.25) is 0 Å². The van der Waals surface area contributed by atoms with Crippen molar-refractivity contribution in [2.24, 2.45) is 0 Å². The molecule has 1 fully saturated rings. The van der Waals surface area contributed by atoms with Crippen molar-refractivity contribution in [3.05, 3.63) is 29.6 Å². The number of hydrogen-bond acceptors (Lipinski definition) is 2. The lowest BCUT2D eigenvalue weighted by atomic mass is 10.2. The van der Waals surface area contributed by atoms with Crippen molar-refractivity contribution in [1.29, 1.82) is 0 Å². The van der Waals surface area contributed by atoms with E-state index in [1.165, 1.54) is 0 Å². The number of anilines is 1. The Balaban J connectivity index is 1.99. The van der Waals surface area contributed by atoms with Crippen LogP contribution in [0, 0.1) is 17.5 Å². The second kappa shape index (κ2) is 4.96. The fourth-order valence-corrected chi connectivity index (χ4v) is 1.96. The Morgan fingerprint density at radius 3 is 2.41 bits per heavy atom. The van der Waals surface area contributed by atoms with Gasteiger partial charge < -0.3 is 10.1 Å². The first-order chi connectivity index (χ1) is 8.06. The molecule has 0 saturated carbocycles. The van der Waals surface area contributed by atoms with Gasteiger partial charge in [0.05, 0.1) is 12.2 Å². The van der Waals surface area contributed by atoms with E-state index in [-0.39, 0.29) is 17.9 Å². The third-order valence-electron chi connectivity index (χ3n) is 2.83. The lowest BCUT2D eigenvalue weighted by molar-refractivity contribution is 0.0636. The third-order valence-corrected chi connectivity index (χ3v) is 2.83. The van der Waals surface area contributed by atoms with Gasteiger partial charge in [0.25, 0.3) is 0 Å². The van der Waals surface area contributed by atoms with Crippen molar-refractivity contribution in [3.8, 4) is 0 Å². The number of nitrogens with one attached hydrogen (secondary N) is 1. The van der Waals surface area contributed by atoms with Crippen molar-refractivity contribution in [2.75, 3.05) is 11.9 Å². The van der Waals surface area contributed by atoms with Crippen LogP contribution in [0.1, 0.15) is 19.8 Å². The van der Waals surface area contributed by atoms with Gasteiger partial charge in [-0.2, -0.15) is 0 Å². The van der Waals surface area contributed by atoms with Gasteiger partial charge in [-0.1, -0.05) is 0 Å². The van der Waals surface area contributed by atoms with Gasteiger partial charge in [-0.25, -0.2) is 13.2 Å². The molecule has 0 aromatic heterocycles. The van der Waals surface area contributed by atoms with Crippen LogP contribution in [-0.4, -0.2) is 18.8 Å². The van der Waals surface area contributed by atoms with Crippen molar-refractivity contribution < 1.29 is 17.9 Å². The predicted octanol–water partition coefficient (Wildman–Crippen LogP) is 3.08. The zero-order valence-corrected chi connectivity index (χ0v) is 9.47. The highest BCUT2D eigenvalue weighted by Gasteiger charge is 2.22. The normalized spacial score (nSPS) is 24.0. The Morgan fingerprint density at radius 2 is 1.88 bits per heavy atom. The molecule has 1 aliphatic rings. The summed E-state index contributed by atoms with van der Waals surface area (Å²) in [6.45, 7) is 2.28. The zero-order valence-electron chi connectivity index (χ0n) is 9.47. The molecule has 0 aliphatic carbocycles. The van der Waals surface area contributed by atoms with Gasteiger partial charge in [0.15, 0.2) is 11.6 Å². The number of hydrogen-bond donors (Lipinski definition) is 1. The van der Waals surface area contributed by atoms with Gasteiger partial charge in [0.2, 0.25) is 0 Å². The first-order valence-corrected chi connectivity index (χ1v) is 5.60. The number of rotatable bonds is 3. The van der Waals surface area contributed by atoms with E-state index in [1.54, 1.807) is 0 Å². The van der Waals surface area contributed by atoms with Gasteiger partial charge in [0, 0.05) is 18.7 Å². The van der Waals surface area contributed by atoms with Crippen LogP contribution in [-0.2, 0) is 4.74 Å². The molecule has 0 radical (unpaired) electrons. The monoisotopic (exact) mass is 245 g/mol. The highest BCUT2D eigenvalue weighted by Crippen LogP contribution is 2.23. The average Bonchev–Trinajstić information content (AvgIpc) is 2.62. The van der Waals surface area contributed by atoms with Gasteiger partial charge in [-0.15, -0.1) is 0 Å². The highest BCUT2D eigenvalue weighted by molar-refractivity contribution is 5.46. The summed E-state index contributed by atoms with van der Waals surface area (Å²) in [5, 5.41) is 2.63. The minimum atomic E-state index is -0.923. The van der Waals surface area contributed by atoms with Gasteiger partial charge in [0.1, 0.15) is 11.5 Å². The Bertz CT molecular complexity index is 388. The van der Waals surface area contributed by atoms with Crippen LogP contribution in [0.5, 0.6) is 0 Å². The lowest BCUT2D eigenvalue weighted by Gasteiger charge is -2.14. The average molecular weight is 245 g/mol. The molecule has 1 aromatic carbocycles. The predicted molar refractivity (Wildman–Crippen MR) is 58.4 cm³/mol. The summed E-state index contributed by atoms with van der Waals surface area (Å²) in [5.74, 6) is -2.77. The molecular formula is C12H14F3NO. The van der Waals surface area contributed by atoms with Crippen LogP contribution >= 0.6 is 0 Å². The van der Waals surface area contributed by atoms with Crippen LogP contribution in [0.25, 0.3) is 0 Å². The van der Waals surface area contributed by atoms with Gasteiger partial charge in [-0.05, 0) is 19.8 Å². The van der Waals surface area contributed by atoms with E-state index in [1.807, 2.05) is 6.92 Å². The van der Waals surface area contributed by atoms with Crippen LogP contribution in [0.2, 0.25) is 0 Å². The fourth-order valence-electron chi connectivity index (χ4n) is 1.96. The summed E-state index contributed by atoms with van der Waals surface area (Å²) in [7, 11) is 0. The van der Waals surface area contributed by atoms with E-state index < -0.39 is 17.5 Å². The third kappa shape index (κ3) is 2.91. The highest BCUT2D eigenvalue weighted by atomic mass is 19.1. The molecule has 94 valence electrons. The first-order valence-electron chi connectivity index (χ1n) is 5.60. The van der Waals surface area contributed by atoms with Crippen LogP contribution in [0.4, 0.5) is 18.9 Å². The van der Waals surface area contributed by atoms with Crippen molar-refractivity contribution in [1.82, 2.24) is 0 Å². The second-order valence-electron chi connectivity index (χ2n) is 4.27. The summed E-state index contributed by atoms with van der Waals surface area (Å²) in [5.41, 5.74) is -0.297. The molecule has 1 aliphatic heterocycles. The molecule has 1 aromatic rings. The maximum absolute atomic E-state index is 13.3. The van der Waals surface area contributed by atoms with Crippen molar-refractivity contribution in [3.63, 3.8) is 0 Å². The minimum absolute atomic E-state index is 0.0474. The summed E-state index contributed by atoms with van der Waals surface area (Å²) >= 11 is 0. The van der Waals surface area contributed by atoms with E-state index in [4.69, 9.17) is 4.74 Å². The Kier molecular flexibility index (Phi) is 3.57. The summed E-state index contributed by atoms with van der Waals surface area (Å²) in [6, 6.07) is 1.31. The maximum atomic E-state index is 13.3. The number of benzene rings is 1. The van der Waals surface area contributed by atoms with E-state index >= 15 is 0 Å². The second-order valence-corrected chi connectivity index (χ2v) is 4.27. The van der Waals surface area contributed by atoms with Gasteiger partial charge >= 0.3 is 0 Å². The molecule has 2 rings (SSSR count). The molecule has 0 spiro atoms. The smallest absolute Gasteiger partial charge is 0.152 e. The summed E-state index contributed by atoms with van der Waals surface area (Å²) in [4.78, 5) is 0. The Morgan fingerprint density at radius 1 is 1.24 bits per heavy atom. The van der Waals surface area contributed by atoms with Crippen LogP contribution < -0.4 is 5.32 Å². The van der Waals surface area contributed by atoms with Crippen molar-refractivity contribution in [2.45, 2.75) is 32.0 Å². The first kappa shape index (κ1) is 12.2. The van der Waals surface area contributed by atoms with Crippen LogP contribution in [0.3, 0.4) is 0 Å². The van der Waals surface area contributed by atoms with E-state index in [9.17, 15) is 13.2 Å². The van der Waals surface area contributed by atoms with E-state index in [0.717, 1.165) is 12.8 Å². The molecule has 1 heterocycles. The molecule has 2 nitrogen and oxygen atoms in total. The van der Waals surface area contributed by atoms with E-state index in [0.29, 0.717) is 18.7 Å². The van der Waals surface area contributed by atoms with Crippen molar-refractivity contribution >= 4 is 5.69 Å². The largest absolute Gasteiger partial charge is 0.378 e. The molecule has 17 heavy (non-hydrogen) atoms. The number of halogens is 3. The fraction of sp³-hybridized carbons (Fsp3) is 0.500. The molecule has 1 saturated heterocycles. The quantitative estimate of drug-likeness (QED) is 0.883. The topological polar surface area (TPSA) is 21.3 Å². The Labute approximate surface area is 97.8 Å². The SMILES string of the molecule is CC1CCC(CNc2c(F)cc(F)cc2F)O1. The van der Waals surface area contributed by atoms with E-state index in [2.05, 4.69) is 5.32 Å². The Hall–Kier alpha value is -1.23.